The summed E-state index contributed by atoms with van der Waals surface area (Å²) < 4.78 is 25.5. The number of carbonyl (C=O) groups excluding carboxylic acids is 2. The minimum Gasteiger partial charge on any atom is -0.349 e. The molecule has 0 saturated heterocycles. The molecule has 1 heterocycles. The van der Waals surface area contributed by atoms with Crippen molar-refractivity contribution in [1.82, 2.24) is 5.32 Å². The Bertz CT molecular complexity index is 1090. The van der Waals surface area contributed by atoms with E-state index in [1.165, 1.54) is 10.6 Å². The number of nitrogens with zero attached hydrogens (tertiary/aromatic N) is 1. The summed E-state index contributed by atoms with van der Waals surface area (Å²) in [6, 6.07) is 11.9. The molecule has 152 valence electrons. The SMILES string of the molecule is C[C@@H]1Cc2cc(C(=O)Nc3cccc(C(=O)NC4CC4)c3)ccc2N1S(C)(=O)=O. The molecule has 0 aromatic heterocycles. The number of hydrogen-bond acceptors (Lipinski definition) is 4. The van der Waals surface area contributed by atoms with Crippen molar-refractivity contribution in [3.05, 3.63) is 59.2 Å². The lowest BCUT2D eigenvalue weighted by Gasteiger charge is -2.21. The summed E-state index contributed by atoms with van der Waals surface area (Å²) in [6.45, 7) is 1.85. The molecular formula is C21H23N3O4S. The van der Waals surface area contributed by atoms with Crippen molar-refractivity contribution in [1.29, 1.82) is 0 Å². The van der Waals surface area contributed by atoms with Gasteiger partial charge in [-0.05, 0) is 68.1 Å². The van der Waals surface area contributed by atoms with Gasteiger partial charge in [-0.2, -0.15) is 0 Å². The molecule has 1 saturated carbocycles. The number of rotatable bonds is 5. The summed E-state index contributed by atoms with van der Waals surface area (Å²) in [5.41, 5.74) is 2.92. The molecule has 0 bridgehead atoms. The number of carbonyl (C=O) groups is 2. The number of amides is 2. The average molecular weight is 413 g/mol. The highest BCUT2D eigenvalue weighted by Gasteiger charge is 2.32. The fourth-order valence-electron chi connectivity index (χ4n) is 3.69. The first kappa shape index (κ1) is 19.4. The number of fused-ring (bicyclic) bond motifs is 1. The van der Waals surface area contributed by atoms with Gasteiger partial charge in [-0.15, -0.1) is 0 Å². The fourth-order valence-corrected chi connectivity index (χ4v) is 4.95. The van der Waals surface area contributed by atoms with Crippen LogP contribution in [0.2, 0.25) is 0 Å². The molecule has 0 unspecified atom stereocenters. The van der Waals surface area contributed by atoms with Crippen LogP contribution in [0.4, 0.5) is 11.4 Å². The lowest BCUT2D eigenvalue weighted by atomic mass is 10.1. The van der Waals surface area contributed by atoms with Crippen LogP contribution in [0.3, 0.4) is 0 Å². The first-order chi connectivity index (χ1) is 13.7. The van der Waals surface area contributed by atoms with Gasteiger partial charge in [0.1, 0.15) is 0 Å². The van der Waals surface area contributed by atoms with Crippen LogP contribution in [0.25, 0.3) is 0 Å². The maximum Gasteiger partial charge on any atom is 0.255 e. The molecule has 0 spiro atoms. The highest BCUT2D eigenvalue weighted by Crippen LogP contribution is 2.34. The third-order valence-corrected chi connectivity index (χ3v) is 6.42. The van der Waals surface area contributed by atoms with Crippen LogP contribution in [-0.2, 0) is 16.4 Å². The number of nitrogens with one attached hydrogen (secondary N) is 2. The van der Waals surface area contributed by atoms with Gasteiger partial charge in [0.2, 0.25) is 10.0 Å². The van der Waals surface area contributed by atoms with Gasteiger partial charge in [-0.3, -0.25) is 13.9 Å². The second-order valence-corrected chi connectivity index (χ2v) is 9.60. The third-order valence-electron chi connectivity index (χ3n) is 5.15. The van der Waals surface area contributed by atoms with Crippen molar-refractivity contribution in [2.75, 3.05) is 15.9 Å². The van der Waals surface area contributed by atoms with E-state index in [9.17, 15) is 18.0 Å². The van der Waals surface area contributed by atoms with Gasteiger partial charge in [0.15, 0.2) is 0 Å². The Morgan fingerprint density at radius 3 is 2.45 bits per heavy atom. The van der Waals surface area contributed by atoms with Crippen molar-refractivity contribution in [3.63, 3.8) is 0 Å². The smallest absolute Gasteiger partial charge is 0.255 e. The minimum atomic E-state index is -3.37. The molecule has 29 heavy (non-hydrogen) atoms. The zero-order valence-corrected chi connectivity index (χ0v) is 17.1. The Hall–Kier alpha value is -2.87. The van der Waals surface area contributed by atoms with E-state index in [1.54, 1.807) is 42.5 Å². The summed E-state index contributed by atoms with van der Waals surface area (Å²) in [7, 11) is -3.37. The first-order valence-corrected chi connectivity index (χ1v) is 11.4. The van der Waals surface area contributed by atoms with Crippen LogP contribution >= 0.6 is 0 Å². The van der Waals surface area contributed by atoms with Crippen LogP contribution < -0.4 is 14.9 Å². The van der Waals surface area contributed by atoms with Crippen molar-refractivity contribution >= 4 is 33.2 Å². The standard InChI is InChI=1S/C21H23N3O4S/c1-13-10-16-11-15(6-9-19(16)24(13)29(2,27)28)21(26)23-18-5-3-4-14(12-18)20(25)22-17-7-8-17/h3-6,9,11-13,17H,7-8,10H2,1-2H3,(H,22,25)(H,23,26)/t13-/m1/s1. The Labute approximate surface area is 170 Å². The normalized spacial score (nSPS) is 18.3. The van der Waals surface area contributed by atoms with Crippen molar-refractivity contribution < 1.29 is 18.0 Å². The van der Waals surface area contributed by atoms with Gasteiger partial charge in [0.05, 0.1) is 11.9 Å². The van der Waals surface area contributed by atoms with E-state index in [4.69, 9.17) is 0 Å². The first-order valence-electron chi connectivity index (χ1n) is 9.57. The molecule has 2 aromatic rings. The quantitative estimate of drug-likeness (QED) is 0.787. The zero-order valence-electron chi connectivity index (χ0n) is 16.3. The van der Waals surface area contributed by atoms with E-state index >= 15 is 0 Å². The van der Waals surface area contributed by atoms with Crippen LogP contribution in [0, 0.1) is 0 Å². The molecule has 7 nitrogen and oxygen atoms in total. The van der Waals surface area contributed by atoms with E-state index in [0.717, 1.165) is 18.4 Å². The van der Waals surface area contributed by atoms with E-state index in [0.29, 0.717) is 28.9 Å². The predicted octanol–water partition coefficient (Wildman–Crippen LogP) is 2.54. The maximum atomic E-state index is 12.7. The molecule has 1 fully saturated rings. The second kappa shape index (κ2) is 7.18. The number of benzene rings is 2. The largest absolute Gasteiger partial charge is 0.349 e. The van der Waals surface area contributed by atoms with Crippen LogP contribution in [0.1, 0.15) is 46.0 Å². The molecule has 1 aliphatic heterocycles. The molecule has 0 radical (unpaired) electrons. The predicted molar refractivity (Wildman–Crippen MR) is 112 cm³/mol. The Balaban J connectivity index is 1.51. The summed E-state index contributed by atoms with van der Waals surface area (Å²) >= 11 is 0. The molecule has 2 amide bonds. The number of anilines is 2. The minimum absolute atomic E-state index is 0.143. The fraction of sp³-hybridized carbons (Fsp3) is 0.333. The molecule has 2 aliphatic rings. The highest BCUT2D eigenvalue weighted by atomic mass is 32.2. The van der Waals surface area contributed by atoms with E-state index in [1.807, 2.05) is 6.92 Å². The highest BCUT2D eigenvalue weighted by molar-refractivity contribution is 7.92. The lowest BCUT2D eigenvalue weighted by molar-refractivity contribution is 0.0949. The topological polar surface area (TPSA) is 95.6 Å². The molecule has 1 aliphatic carbocycles. The molecule has 2 N–H and O–H groups in total. The Kier molecular flexibility index (Phi) is 4.82. The molecular weight excluding hydrogens is 390 g/mol. The molecule has 2 aromatic carbocycles. The summed E-state index contributed by atoms with van der Waals surface area (Å²) in [6.07, 6.45) is 3.76. The van der Waals surface area contributed by atoms with Gasteiger partial charge in [-0.25, -0.2) is 8.42 Å². The van der Waals surface area contributed by atoms with Crippen LogP contribution in [-0.4, -0.2) is 38.6 Å². The third kappa shape index (κ3) is 4.12. The number of sulfonamides is 1. The summed E-state index contributed by atoms with van der Waals surface area (Å²) in [4.78, 5) is 24.9. The monoisotopic (exact) mass is 413 g/mol. The summed E-state index contributed by atoms with van der Waals surface area (Å²) in [5, 5.41) is 5.74. The van der Waals surface area contributed by atoms with Gasteiger partial charge in [-0.1, -0.05) is 6.07 Å². The van der Waals surface area contributed by atoms with E-state index in [2.05, 4.69) is 10.6 Å². The van der Waals surface area contributed by atoms with Crippen molar-refractivity contribution in [2.45, 2.75) is 38.3 Å². The Morgan fingerprint density at radius 2 is 1.76 bits per heavy atom. The zero-order chi connectivity index (χ0) is 20.8. The molecule has 4 rings (SSSR count). The van der Waals surface area contributed by atoms with Gasteiger partial charge in [0.25, 0.3) is 11.8 Å². The lowest BCUT2D eigenvalue weighted by Crippen LogP contribution is -2.34. The average Bonchev–Trinajstić information content (AvgIpc) is 3.39. The number of hydrogen-bond donors (Lipinski definition) is 2. The van der Waals surface area contributed by atoms with E-state index in [-0.39, 0.29) is 23.9 Å². The maximum absolute atomic E-state index is 12.7. The molecule has 1 atom stereocenters. The Morgan fingerprint density at radius 1 is 1.03 bits per heavy atom. The summed E-state index contributed by atoms with van der Waals surface area (Å²) in [5.74, 6) is -0.450. The second-order valence-electron chi connectivity index (χ2n) is 7.74. The van der Waals surface area contributed by atoms with Gasteiger partial charge < -0.3 is 10.6 Å². The van der Waals surface area contributed by atoms with Crippen molar-refractivity contribution in [3.8, 4) is 0 Å². The van der Waals surface area contributed by atoms with E-state index < -0.39 is 10.0 Å². The van der Waals surface area contributed by atoms with Gasteiger partial charge in [0, 0.05) is 28.9 Å². The van der Waals surface area contributed by atoms with Crippen LogP contribution in [0.15, 0.2) is 42.5 Å². The van der Waals surface area contributed by atoms with Crippen molar-refractivity contribution in [2.24, 2.45) is 0 Å². The van der Waals surface area contributed by atoms with Gasteiger partial charge >= 0.3 is 0 Å². The molecule has 8 heteroatoms. The van der Waals surface area contributed by atoms with Crippen LogP contribution in [0.5, 0.6) is 0 Å².